The zero-order chi connectivity index (χ0) is 21.4. The van der Waals surface area contributed by atoms with Crippen molar-refractivity contribution in [3.63, 3.8) is 0 Å². The third-order valence-corrected chi connectivity index (χ3v) is 4.67. The summed E-state index contributed by atoms with van der Waals surface area (Å²) < 4.78 is 68.1. The third-order valence-electron chi connectivity index (χ3n) is 3.77. The van der Waals surface area contributed by atoms with Crippen LogP contribution in [0.4, 0.5) is 22.4 Å². The minimum Gasteiger partial charge on any atom is -0.421 e. The molecule has 0 saturated heterocycles. The first-order chi connectivity index (χ1) is 13.5. The fourth-order valence-corrected chi connectivity index (χ4v) is 3.38. The Kier molecular flexibility index (Phi) is 5.59. The van der Waals surface area contributed by atoms with Gasteiger partial charge in [0.05, 0.1) is 18.3 Å². The smallest absolute Gasteiger partial charge is 0.421 e. The van der Waals surface area contributed by atoms with Gasteiger partial charge in [0.1, 0.15) is 0 Å². The van der Waals surface area contributed by atoms with Crippen molar-refractivity contribution in [2.45, 2.75) is 32.1 Å². The highest BCUT2D eigenvalue weighted by Gasteiger charge is 2.65. The highest BCUT2D eigenvalue weighted by atomic mass is 32.1. The lowest BCUT2D eigenvalue weighted by atomic mass is 10.2. The van der Waals surface area contributed by atoms with Crippen molar-refractivity contribution in [3.8, 4) is 17.2 Å². The highest BCUT2D eigenvalue weighted by Crippen LogP contribution is 2.47. The van der Waals surface area contributed by atoms with Gasteiger partial charge in [0, 0.05) is 24.3 Å². The van der Waals surface area contributed by atoms with Gasteiger partial charge in [-0.15, -0.1) is 11.3 Å². The Hall–Kier alpha value is -2.60. The monoisotopic (exact) mass is 435 g/mol. The molecular weight excluding hydrogens is 418 g/mol. The Labute approximate surface area is 166 Å². The lowest BCUT2D eigenvalue weighted by Crippen LogP contribution is -2.52. The van der Waals surface area contributed by atoms with E-state index < -0.39 is 29.7 Å². The van der Waals surface area contributed by atoms with Crippen molar-refractivity contribution in [3.05, 3.63) is 34.1 Å². The van der Waals surface area contributed by atoms with Gasteiger partial charge >= 0.3 is 18.2 Å². The molecule has 7 nitrogen and oxygen atoms in total. The second kappa shape index (κ2) is 7.67. The largest absolute Gasteiger partial charge is 0.507 e. The number of alkyl halides is 4. The molecule has 0 bridgehead atoms. The van der Waals surface area contributed by atoms with Gasteiger partial charge in [0.25, 0.3) is 0 Å². The summed E-state index contributed by atoms with van der Waals surface area (Å²) in [6, 6.07) is 2.66. The van der Waals surface area contributed by atoms with Gasteiger partial charge in [0.15, 0.2) is 16.3 Å². The molecule has 1 aliphatic heterocycles. The molecule has 0 fully saturated rings. The lowest BCUT2D eigenvalue weighted by Gasteiger charge is -2.31. The average molecular weight is 435 g/mol. The molecule has 158 valence electrons. The van der Waals surface area contributed by atoms with E-state index in [1.807, 2.05) is 0 Å². The molecule has 1 atom stereocenters. The Morgan fingerprint density at radius 2 is 1.93 bits per heavy atom. The Morgan fingerprint density at radius 3 is 2.59 bits per heavy atom. The maximum Gasteiger partial charge on any atom is 0.507 e. The van der Waals surface area contributed by atoms with E-state index in [-0.39, 0.29) is 16.5 Å². The Balaban J connectivity index is 1.95. The zero-order valence-electron chi connectivity index (χ0n) is 15.5. The lowest BCUT2D eigenvalue weighted by molar-refractivity contribution is -0.391. The number of ether oxygens (including phenoxy) is 3. The number of amides is 2. The predicted molar refractivity (Wildman–Crippen MR) is 95.0 cm³/mol. The number of nitrogens with one attached hydrogen (secondary N) is 1. The number of fused-ring (bicyclic) bond motifs is 1. The second-order valence-electron chi connectivity index (χ2n) is 6.28. The molecule has 29 heavy (non-hydrogen) atoms. The predicted octanol–water partition coefficient (Wildman–Crippen LogP) is 3.45. The van der Waals surface area contributed by atoms with Crippen molar-refractivity contribution in [2.24, 2.45) is 4.99 Å². The van der Waals surface area contributed by atoms with Gasteiger partial charge in [-0.05, 0) is 26.0 Å². The fourth-order valence-electron chi connectivity index (χ4n) is 2.55. The van der Waals surface area contributed by atoms with Gasteiger partial charge in [-0.3, -0.25) is 4.57 Å². The summed E-state index contributed by atoms with van der Waals surface area (Å²) in [5.41, 5.74) is 0.272. The van der Waals surface area contributed by atoms with Gasteiger partial charge in [0.2, 0.25) is 0 Å². The molecule has 1 aliphatic rings. The molecule has 0 aliphatic carbocycles. The number of hydrogen-bond donors (Lipinski definition) is 1. The summed E-state index contributed by atoms with van der Waals surface area (Å²) in [7, 11) is 1.50. The first-order valence-electron chi connectivity index (χ1n) is 8.34. The molecule has 12 heteroatoms. The van der Waals surface area contributed by atoms with E-state index >= 15 is 0 Å². The fraction of sp³-hybridized carbons (Fsp3) is 0.412. The number of urea groups is 1. The minimum atomic E-state index is -4.82. The van der Waals surface area contributed by atoms with E-state index in [1.165, 1.54) is 29.1 Å². The SMILES string of the molecule is COCC(C)NC(=O)/N=c1\sc(C)cn1-c1ccc2c(c1)OC(F)(F)C(F)(F)O2. The van der Waals surface area contributed by atoms with E-state index in [0.29, 0.717) is 6.61 Å². The van der Waals surface area contributed by atoms with Crippen LogP contribution in [-0.4, -0.2) is 42.6 Å². The van der Waals surface area contributed by atoms with E-state index in [2.05, 4.69) is 19.8 Å². The summed E-state index contributed by atoms with van der Waals surface area (Å²) in [5.74, 6) is -1.08. The molecular formula is C17H17F4N3O4S. The standard InChI is InChI=1S/C17H17F4N3O4S/c1-9(8-26-3)22-14(25)23-15-24(7-10(2)29-15)11-4-5-12-13(6-11)28-17(20,21)16(18,19)27-12/h4-7,9H,8H2,1-3H3,(H,22,25)/b23-15-. The quantitative estimate of drug-likeness (QED) is 0.747. The minimum absolute atomic E-state index is 0.249. The van der Waals surface area contributed by atoms with Gasteiger partial charge < -0.3 is 19.5 Å². The van der Waals surface area contributed by atoms with Gasteiger partial charge in [-0.2, -0.15) is 22.6 Å². The summed E-state index contributed by atoms with van der Waals surface area (Å²) in [6.07, 6.45) is -7.99. The third kappa shape index (κ3) is 4.37. The summed E-state index contributed by atoms with van der Waals surface area (Å²) in [5, 5.41) is 2.62. The molecule has 1 aromatic carbocycles. The number of halogens is 4. The number of benzene rings is 1. The molecule has 1 unspecified atom stereocenters. The number of carbonyl (C=O) groups excluding carboxylic acids is 1. The molecule has 0 radical (unpaired) electrons. The Morgan fingerprint density at radius 1 is 1.28 bits per heavy atom. The van der Waals surface area contributed by atoms with Crippen LogP contribution in [0.1, 0.15) is 11.8 Å². The molecule has 0 saturated carbocycles. The van der Waals surface area contributed by atoms with Crippen molar-refractivity contribution in [2.75, 3.05) is 13.7 Å². The summed E-state index contributed by atoms with van der Waals surface area (Å²) in [6.45, 7) is 3.80. The first kappa shape index (κ1) is 21.1. The molecule has 0 spiro atoms. The zero-order valence-corrected chi connectivity index (χ0v) is 16.4. The first-order valence-corrected chi connectivity index (χ1v) is 9.15. The van der Waals surface area contributed by atoms with Crippen LogP contribution in [0.25, 0.3) is 5.69 Å². The number of aromatic nitrogens is 1. The van der Waals surface area contributed by atoms with Crippen molar-refractivity contribution < 1.29 is 36.6 Å². The summed E-state index contributed by atoms with van der Waals surface area (Å²) >= 11 is 1.18. The number of rotatable bonds is 4. The molecule has 1 aromatic heterocycles. The van der Waals surface area contributed by atoms with Crippen LogP contribution in [0.5, 0.6) is 11.5 Å². The van der Waals surface area contributed by atoms with E-state index in [1.54, 1.807) is 20.0 Å². The average Bonchev–Trinajstić information content (AvgIpc) is 2.95. The topological polar surface area (TPSA) is 74.1 Å². The van der Waals surface area contributed by atoms with Crippen LogP contribution >= 0.6 is 11.3 Å². The summed E-state index contributed by atoms with van der Waals surface area (Å²) in [4.78, 5) is 17.1. The van der Waals surface area contributed by atoms with Crippen molar-refractivity contribution >= 4 is 17.4 Å². The molecule has 1 N–H and O–H groups in total. The molecule has 2 amide bonds. The number of carbonyl (C=O) groups is 1. The highest BCUT2D eigenvalue weighted by molar-refractivity contribution is 7.09. The normalized spacial score (nSPS) is 18.4. The van der Waals surface area contributed by atoms with Crippen LogP contribution in [0, 0.1) is 6.92 Å². The van der Waals surface area contributed by atoms with E-state index in [0.717, 1.165) is 17.0 Å². The van der Waals surface area contributed by atoms with Crippen molar-refractivity contribution in [1.29, 1.82) is 0 Å². The van der Waals surface area contributed by atoms with Crippen LogP contribution in [0.2, 0.25) is 0 Å². The van der Waals surface area contributed by atoms with Crippen LogP contribution in [-0.2, 0) is 4.74 Å². The van der Waals surface area contributed by atoms with Crippen molar-refractivity contribution in [1.82, 2.24) is 9.88 Å². The van der Waals surface area contributed by atoms with Crippen LogP contribution in [0.3, 0.4) is 0 Å². The maximum atomic E-state index is 13.5. The second-order valence-corrected chi connectivity index (χ2v) is 7.49. The number of thiazole rings is 1. The maximum absolute atomic E-state index is 13.5. The van der Waals surface area contributed by atoms with E-state index in [9.17, 15) is 22.4 Å². The van der Waals surface area contributed by atoms with Crippen LogP contribution < -0.4 is 19.6 Å². The molecule has 3 rings (SSSR count). The number of aryl methyl sites for hydroxylation is 1. The molecule has 2 heterocycles. The van der Waals surface area contributed by atoms with Gasteiger partial charge in [-0.25, -0.2) is 4.79 Å². The number of methoxy groups -OCH3 is 1. The van der Waals surface area contributed by atoms with E-state index in [4.69, 9.17) is 4.74 Å². The number of nitrogens with zero attached hydrogens (tertiary/aromatic N) is 2. The van der Waals surface area contributed by atoms with Gasteiger partial charge in [-0.1, -0.05) is 0 Å². The van der Waals surface area contributed by atoms with Crippen LogP contribution in [0.15, 0.2) is 29.4 Å². The Bertz CT molecular complexity index is 989. The molecule has 2 aromatic rings. The number of hydrogen-bond acceptors (Lipinski definition) is 5.